The number of rotatable bonds is 6. The molecule has 0 bridgehead atoms. The zero-order chi connectivity index (χ0) is 20.2. The molecule has 0 unspecified atom stereocenters. The molecule has 0 aliphatic heterocycles. The molecule has 6 heteroatoms. The smallest absolute Gasteiger partial charge is 0.262 e. The van der Waals surface area contributed by atoms with E-state index in [-0.39, 0.29) is 12.5 Å². The largest absolute Gasteiger partial charge is 0.497 e. The second-order valence-electron chi connectivity index (χ2n) is 6.53. The zero-order valence-corrected chi connectivity index (χ0v) is 16.1. The molecule has 0 fully saturated rings. The van der Waals surface area contributed by atoms with E-state index < -0.39 is 0 Å². The maximum absolute atomic E-state index is 12.2. The summed E-state index contributed by atoms with van der Waals surface area (Å²) in [6.45, 7) is 1.88. The Hall–Kier alpha value is -3.80. The van der Waals surface area contributed by atoms with Crippen LogP contribution in [0, 0.1) is 6.92 Å². The predicted octanol–water partition coefficient (Wildman–Crippen LogP) is 4.83. The second-order valence-corrected chi connectivity index (χ2v) is 6.53. The van der Waals surface area contributed by atoms with Crippen LogP contribution in [0.15, 0.2) is 71.1 Å². The van der Waals surface area contributed by atoms with E-state index in [4.69, 9.17) is 13.9 Å². The number of aryl methyl sites for hydroxylation is 1. The van der Waals surface area contributed by atoms with E-state index in [1.54, 1.807) is 25.3 Å². The highest BCUT2D eigenvalue weighted by Gasteiger charge is 2.10. The summed E-state index contributed by atoms with van der Waals surface area (Å²) in [7, 11) is 1.61. The quantitative estimate of drug-likeness (QED) is 0.512. The van der Waals surface area contributed by atoms with Crippen LogP contribution in [-0.2, 0) is 4.79 Å². The Balaban J connectivity index is 1.41. The van der Waals surface area contributed by atoms with Gasteiger partial charge in [0.25, 0.3) is 5.91 Å². The van der Waals surface area contributed by atoms with E-state index in [1.807, 2.05) is 55.5 Å². The number of ether oxygens (including phenoxy) is 2. The molecule has 4 rings (SSSR count). The van der Waals surface area contributed by atoms with Crippen LogP contribution in [0.1, 0.15) is 5.56 Å². The van der Waals surface area contributed by atoms with Gasteiger partial charge in [-0.25, -0.2) is 4.98 Å². The van der Waals surface area contributed by atoms with Gasteiger partial charge >= 0.3 is 0 Å². The Labute approximate surface area is 168 Å². The van der Waals surface area contributed by atoms with Gasteiger partial charge in [0.2, 0.25) is 5.89 Å². The van der Waals surface area contributed by atoms with E-state index in [1.165, 1.54) is 0 Å². The maximum Gasteiger partial charge on any atom is 0.262 e. The molecule has 146 valence electrons. The molecule has 6 nitrogen and oxygen atoms in total. The highest BCUT2D eigenvalue weighted by molar-refractivity contribution is 5.92. The number of methoxy groups -OCH3 is 1. The number of anilines is 1. The number of fused-ring (bicyclic) bond motifs is 1. The number of aromatic nitrogens is 1. The predicted molar refractivity (Wildman–Crippen MR) is 111 cm³/mol. The first-order chi connectivity index (χ1) is 14.1. The zero-order valence-electron chi connectivity index (χ0n) is 16.1. The maximum atomic E-state index is 12.2. The number of carbonyl (C=O) groups is 1. The van der Waals surface area contributed by atoms with Gasteiger partial charge in [0.1, 0.15) is 17.0 Å². The average Bonchev–Trinajstić information content (AvgIpc) is 3.17. The molecule has 1 N–H and O–H groups in total. The molecule has 29 heavy (non-hydrogen) atoms. The lowest BCUT2D eigenvalue weighted by molar-refractivity contribution is -0.118. The number of carbonyl (C=O) groups excluding carboxylic acids is 1. The van der Waals surface area contributed by atoms with E-state index in [0.717, 1.165) is 16.6 Å². The number of benzene rings is 3. The summed E-state index contributed by atoms with van der Waals surface area (Å²) in [5, 5.41) is 2.82. The van der Waals surface area contributed by atoms with Gasteiger partial charge in [-0.2, -0.15) is 0 Å². The van der Waals surface area contributed by atoms with Gasteiger partial charge in [-0.3, -0.25) is 4.79 Å². The molecule has 0 saturated heterocycles. The van der Waals surface area contributed by atoms with Crippen molar-refractivity contribution in [2.45, 2.75) is 6.92 Å². The minimum absolute atomic E-state index is 0.0560. The van der Waals surface area contributed by atoms with Crippen LogP contribution in [0.4, 0.5) is 5.69 Å². The molecule has 0 atom stereocenters. The molecule has 3 aromatic carbocycles. The number of amides is 1. The third-order valence-electron chi connectivity index (χ3n) is 4.46. The van der Waals surface area contributed by atoms with Gasteiger partial charge in [0.15, 0.2) is 12.2 Å². The van der Waals surface area contributed by atoms with Crippen molar-refractivity contribution >= 4 is 22.7 Å². The number of hydrogen-bond donors (Lipinski definition) is 1. The fourth-order valence-corrected chi connectivity index (χ4v) is 2.91. The lowest BCUT2D eigenvalue weighted by Crippen LogP contribution is -2.20. The van der Waals surface area contributed by atoms with Crippen molar-refractivity contribution in [3.63, 3.8) is 0 Å². The fourth-order valence-electron chi connectivity index (χ4n) is 2.91. The number of oxazole rings is 1. The standard InChI is InChI=1S/C23H20N2O4/c1-15-5-3-4-6-20(15)28-14-22(26)24-17-9-7-16(8-10-17)23-25-19-12-11-18(27-2)13-21(19)29-23/h3-13H,14H2,1-2H3,(H,24,26). The van der Waals surface area contributed by atoms with Gasteiger partial charge in [-0.1, -0.05) is 18.2 Å². The van der Waals surface area contributed by atoms with Gasteiger partial charge in [0, 0.05) is 17.3 Å². The van der Waals surface area contributed by atoms with Crippen molar-refractivity contribution in [1.29, 1.82) is 0 Å². The molecular weight excluding hydrogens is 368 g/mol. The van der Waals surface area contributed by atoms with Crippen molar-refractivity contribution in [3.05, 3.63) is 72.3 Å². The lowest BCUT2D eigenvalue weighted by atomic mass is 10.2. The van der Waals surface area contributed by atoms with Gasteiger partial charge in [0.05, 0.1) is 7.11 Å². The van der Waals surface area contributed by atoms with Crippen molar-refractivity contribution in [2.75, 3.05) is 19.0 Å². The van der Waals surface area contributed by atoms with E-state index >= 15 is 0 Å². The summed E-state index contributed by atoms with van der Waals surface area (Å²) in [4.78, 5) is 16.6. The number of hydrogen-bond acceptors (Lipinski definition) is 5. The molecular formula is C23H20N2O4. The number of para-hydroxylation sites is 1. The normalized spacial score (nSPS) is 10.7. The van der Waals surface area contributed by atoms with Crippen LogP contribution in [-0.4, -0.2) is 24.6 Å². The van der Waals surface area contributed by atoms with Gasteiger partial charge < -0.3 is 19.2 Å². The summed E-state index contributed by atoms with van der Waals surface area (Å²) in [6, 6.07) is 20.4. The summed E-state index contributed by atoms with van der Waals surface area (Å²) >= 11 is 0. The Morgan fingerprint density at radius 1 is 1.07 bits per heavy atom. The highest BCUT2D eigenvalue weighted by atomic mass is 16.5. The Morgan fingerprint density at radius 3 is 2.62 bits per heavy atom. The molecule has 0 radical (unpaired) electrons. The summed E-state index contributed by atoms with van der Waals surface area (Å²) in [5.41, 5.74) is 3.89. The number of nitrogens with one attached hydrogen (secondary N) is 1. The third-order valence-corrected chi connectivity index (χ3v) is 4.46. The first kappa shape index (κ1) is 18.6. The summed E-state index contributed by atoms with van der Waals surface area (Å²) in [5.74, 6) is 1.70. The van der Waals surface area contributed by atoms with Crippen LogP contribution in [0.25, 0.3) is 22.6 Å². The Morgan fingerprint density at radius 2 is 1.86 bits per heavy atom. The summed E-state index contributed by atoms with van der Waals surface area (Å²) in [6.07, 6.45) is 0. The summed E-state index contributed by atoms with van der Waals surface area (Å²) < 4.78 is 16.6. The Bertz CT molecular complexity index is 1150. The molecule has 0 spiro atoms. The molecule has 1 amide bonds. The van der Waals surface area contributed by atoms with Crippen molar-refractivity contribution in [3.8, 4) is 23.0 Å². The van der Waals surface area contributed by atoms with E-state index in [2.05, 4.69) is 10.3 Å². The van der Waals surface area contributed by atoms with E-state index in [9.17, 15) is 4.79 Å². The van der Waals surface area contributed by atoms with Crippen LogP contribution >= 0.6 is 0 Å². The van der Waals surface area contributed by atoms with Crippen LogP contribution < -0.4 is 14.8 Å². The molecule has 4 aromatic rings. The van der Waals surface area contributed by atoms with E-state index in [0.29, 0.717) is 28.7 Å². The van der Waals surface area contributed by atoms with Crippen LogP contribution in [0.3, 0.4) is 0 Å². The molecule has 1 heterocycles. The number of nitrogens with zero attached hydrogens (tertiary/aromatic N) is 1. The molecule has 0 aliphatic rings. The van der Waals surface area contributed by atoms with Gasteiger partial charge in [-0.15, -0.1) is 0 Å². The minimum Gasteiger partial charge on any atom is -0.497 e. The lowest BCUT2D eigenvalue weighted by Gasteiger charge is -2.09. The first-order valence-corrected chi connectivity index (χ1v) is 9.16. The highest BCUT2D eigenvalue weighted by Crippen LogP contribution is 2.27. The van der Waals surface area contributed by atoms with Gasteiger partial charge in [-0.05, 0) is 55.0 Å². The monoisotopic (exact) mass is 388 g/mol. The minimum atomic E-state index is -0.227. The fraction of sp³-hybridized carbons (Fsp3) is 0.130. The van der Waals surface area contributed by atoms with Crippen molar-refractivity contribution in [1.82, 2.24) is 4.98 Å². The Kier molecular flexibility index (Phi) is 5.16. The van der Waals surface area contributed by atoms with Crippen molar-refractivity contribution < 1.29 is 18.7 Å². The first-order valence-electron chi connectivity index (χ1n) is 9.16. The van der Waals surface area contributed by atoms with Crippen molar-refractivity contribution in [2.24, 2.45) is 0 Å². The second kappa shape index (κ2) is 8.06. The van der Waals surface area contributed by atoms with Crippen LogP contribution in [0.5, 0.6) is 11.5 Å². The SMILES string of the molecule is COc1ccc2nc(-c3ccc(NC(=O)COc4ccccc4C)cc3)oc2c1. The topological polar surface area (TPSA) is 73.6 Å². The third kappa shape index (κ3) is 4.21. The molecule has 0 aliphatic carbocycles. The van der Waals surface area contributed by atoms with Crippen LogP contribution in [0.2, 0.25) is 0 Å². The molecule has 0 saturated carbocycles. The average molecular weight is 388 g/mol. The molecule has 1 aromatic heterocycles.